The zero-order valence-corrected chi connectivity index (χ0v) is 8.75. The van der Waals surface area contributed by atoms with Gasteiger partial charge >= 0.3 is 6.18 Å². The summed E-state index contributed by atoms with van der Waals surface area (Å²) in [4.78, 5) is 0. The first kappa shape index (κ1) is 14.6. The number of terminal acetylenes is 1. The minimum atomic E-state index is -4.56. The smallest absolute Gasteiger partial charge is 0.400 e. The lowest BCUT2D eigenvalue weighted by molar-refractivity contribution is -0.155. The van der Waals surface area contributed by atoms with Crippen molar-refractivity contribution in [1.29, 1.82) is 0 Å². The molecule has 2 atom stereocenters. The van der Waals surface area contributed by atoms with E-state index in [1.807, 2.05) is 0 Å². The van der Waals surface area contributed by atoms with Crippen LogP contribution in [0.25, 0.3) is 0 Å². The van der Waals surface area contributed by atoms with E-state index in [-0.39, 0.29) is 6.04 Å². The fourth-order valence-corrected chi connectivity index (χ4v) is 1.03. The van der Waals surface area contributed by atoms with Gasteiger partial charge in [0, 0.05) is 19.0 Å². The summed E-state index contributed by atoms with van der Waals surface area (Å²) < 4.78 is 37.3. The minimum absolute atomic E-state index is 0.263. The van der Waals surface area contributed by atoms with E-state index in [0.29, 0.717) is 6.42 Å². The molecule has 0 bridgehead atoms. The maximum absolute atomic E-state index is 12.4. The van der Waals surface area contributed by atoms with Crippen LogP contribution in [-0.2, 0) is 0 Å². The topological polar surface area (TPSA) is 70.6 Å². The zero-order chi connectivity index (χ0) is 12.8. The van der Waals surface area contributed by atoms with Gasteiger partial charge in [0.15, 0.2) is 5.84 Å². The van der Waals surface area contributed by atoms with Gasteiger partial charge in [-0.05, 0) is 6.92 Å². The second kappa shape index (κ2) is 6.23. The minimum Gasteiger partial charge on any atom is -0.409 e. The van der Waals surface area contributed by atoms with E-state index in [4.69, 9.17) is 17.4 Å². The Kier molecular flexibility index (Phi) is 5.67. The highest BCUT2D eigenvalue weighted by Crippen LogP contribution is 2.25. The molecule has 0 aliphatic rings. The van der Waals surface area contributed by atoms with Crippen LogP contribution >= 0.6 is 0 Å². The molecule has 4 N–H and O–H groups in total. The number of oxime groups is 1. The van der Waals surface area contributed by atoms with Crippen molar-refractivity contribution in [3.05, 3.63) is 0 Å². The Morgan fingerprint density at radius 1 is 1.62 bits per heavy atom. The van der Waals surface area contributed by atoms with Gasteiger partial charge in [-0.1, -0.05) is 5.16 Å². The third-order valence-electron chi connectivity index (χ3n) is 1.96. The van der Waals surface area contributed by atoms with Gasteiger partial charge < -0.3 is 16.3 Å². The van der Waals surface area contributed by atoms with Crippen molar-refractivity contribution in [2.75, 3.05) is 6.54 Å². The Morgan fingerprint density at radius 2 is 2.19 bits per heavy atom. The summed E-state index contributed by atoms with van der Waals surface area (Å²) in [6.07, 6.45) is 0.757. The van der Waals surface area contributed by atoms with E-state index in [0.717, 1.165) is 0 Å². The highest BCUT2D eigenvalue weighted by Gasteiger charge is 2.42. The molecule has 0 aromatic rings. The van der Waals surface area contributed by atoms with Gasteiger partial charge in [0.05, 0.1) is 0 Å². The van der Waals surface area contributed by atoms with Gasteiger partial charge in [-0.3, -0.25) is 0 Å². The van der Waals surface area contributed by atoms with Crippen molar-refractivity contribution < 1.29 is 18.4 Å². The summed E-state index contributed by atoms with van der Waals surface area (Å²) in [5, 5.41) is 13.2. The van der Waals surface area contributed by atoms with Gasteiger partial charge in [-0.2, -0.15) is 13.2 Å². The second-order valence-electron chi connectivity index (χ2n) is 3.34. The normalized spacial score (nSPS) is 16.6. The highest BCUT2D eigenvalue weighted by molar-refractivity contribution is 5.83. The van der Waals surface area contributed by atoms with E-state index in [9.17, 15) is 13.2 Å². The molecule has 0 spiro atoms. The molecule has 4 nitrogen and oxygen atoms in total. The summed E-state index contributed by atoms with van der Waals surface area (Å²) in [6, 6.07) is -0.263. The average molecular weight is 237 g/mol. The quantitative estimate of drug-likeness (QED) is 0.219. The molecule has 2 unspecified atom stereocenters. The first-order valence-corrected chi connectivity index (χ1v) is 4.53. The van der Waals surface area contributed by atoms with Crippen LogP contribution in [0.15, 0.2) is 5.16 Å². The van der Waals surface area contributed by atoms with E-state index < -0.39 is 24.5 Å². The lowest BCUT2D eigenvalue weighted by Gasteiger charge is -2.21. The molecule has 0 aromatic carbocycles. The maximum Gasteiger partial charge on any atom is 0.400 e. The average Bonchev–Trinajstić information content (AvgIpc) is 2.16. The number of nitrogens with one attached hydrogen (secondary N) is 1. The van der Waals surface area contributed by atoms with Crippen LogP contribution in [0.4, 0.5) is 13.2 Å². The number of nitrogens with zero attached hydrogens (tertiary/aromatic N) is 1. The van der Waals surface area contributed by atoms with Gasteiger partial charge in [0.2, 0.25) is 0 Å². The number of nitrogens with two attached hydrogens (primary N) is 1. The Bertz CT molecular complexity index is 283. The van der Waals surface area contributed by atoms with Crippen molar-refractivity contribution in [3.63, 3.8) is 0 Å². The van der Waals surface area contributed by atoms with Gasteiger partial charge in [0.1, 0.15) is 5.92 Å². The Morgan fingerprint density at radius 3 is 2.56 bits per heavy atom. The lowest BCUT2D eigenvalue weighted by Crippen LogP contribution is -2.44. The number of alkyl halides is 3. The Labute approximate surface area is 91.7 Å². The molecule has 0 aliphatic heterocycles. The molecule has 0 heterocycles. The monoisotopic (exact) mass is 237 g/mol. The number of rotatable bonds is 5. The molecule has 16 heavy (non-hydrogen) atoms. The molecule has 0 fully saturated rings. The zero-order valence-electron chi connectivity index (χ0n) is 8.75. The van der Waals surface area contributed by atoms with Crippen LogP contribution in [0.5, 0.6) is 0 Å². The van der Waals surface area contributed by atoms with E-state index in [1.54, 1.807) is 6.92 Å². The van der Waals surface area contributed by atoms with Crippen LogP contribution in [-0.4, -0.2) is 29.8 Å². The lowest BCUT2D eigenvalue weighted by atomic mass is 10.1. The molecule has 0 amide bonds. The summed E-state index contributed by atoms with van der Waals surface area (Å²) in [7, 11) is 0. The SMILES string of the molecule is C#CCC(C)NCC(C(N)=NO)C(F)(F)F. The van der Waals surface area contributed by atoms with Crippen molar-refractivity contribution in [3.8, 4) is 12.3 Å². The fourth-order valence-electron chi connectivity index (χ4n) is 1.03. The molecule has 0 rings (SSSR count). The van der Waals surface area contributed by atoms with Gasteiger partial charge in [-0.15, -0.1) is 12.3 Å². The van der Waals surface area contributed by atoms with E-state index in [2.05, 4.69) is 16.4 Å². The highest BCUT2D eigenvalue weighted by atomic mass is 19.4. The molecule has 92 valence electrons. The predicted octanol–water partition coefficient (Wildman–Crippen LogP) is 0.913. The third kappa shape index (κ3) is 4.89. The number of hydrogen-bond acceptors (Lipinski definition) is 3. The summed E-state index contributed by atoms with van der Waals surface area (Å²) in [5.74, 6) is -0.565. The third-order valence-corrected chi connectivity index (χ3v) is 1.96. The van der Waals surface area contributed by atoms with Crippen LogP contribution in [0.2, 0.25) is 0 Å². The van der Waals surface area contributed by atoms with Crippen molar-refractivity contribution in [2.24, 2.45) is 16.8 Å². The molecular weight excluding hydrogens is 223 g/mol. The van der Waals surface area contributed by atoms with Gasteiger partial charge in [-0.25, -0.2) is 0 Å². The summed E-state index contributed by atoms with van der Waals surface area (Å²) >= 11 is 0. The molecular formula is C9H14F3N3O. The molecule has 0 aromatic heterocycles. The molecule has 7 heteroatoms. The second-order valence-corrected chi connectivity index (χ2v) is 3.34. The molecule has 0 saturated heterocycles. The predicted molar refractivity (Wildman–Crippen MR) is 53.9 cm³/mol. The van der Waals surface area contributed by atoms with E-state index in [1.165, 1.54) is 0 Å². The molecule has 0 radical (unpaired) electrons. The number of amidine groups is 1. The van der Waals surface area contributed by atoms with Crippen LogP contribution < -0.4 is 11.1 Å². The van der Waals surface area contributed by atoms with Crippen molar-refractivity contribution in [2.45, 2.75) is 25.6 Å². The summed E-state index contributed by atoms with van der Waals surface area (Å²) in [5.41, 5.74) is 4.96. The van der Waals surface area contributed by atoms with Crippen LogP contribution in [0.3, 0.4) is 0 Å². The summed E-state index contributed by atoms with van der Waals surface area (Å²) in [6.45, 7) is 1.18. The largest absolute Gasteiger partial charge is 0.409 e. The van der Waals surface area contributed by atoms with Crippen LogP contribution in [0.1, 0.15) is 13.3 Å². The van der Waals surface area contributed by atoms with Crippen molar-refractivity contribution in [1.82, 2.24) is 5.32 Å². The molecule has 0 aliphatic carbocycles. The number of halogens is 3. The Hall–Kier alpha value is -1.42. The fraction of sp³-hybridized carbons (Fsp3) is 0.667. The van der Waals surface area contributed by atoms with Crippen molar-refractivity contribution >= 4 is 5.84 Å². The first-order valence-electron chi connectivity index (χ1n) is 4.53. The maximum atomic E-state index is 12.4. The molecule has 0 saturated carbocycles. The first-order chi connectivity index (χ1) is 7.32. The standard InChI is InChI=1S/C9H14F3N3O/c1-3-4-6(2)14-5-7(8(13)15-16)9(10,11)12/h1,6-7,14,16H,4-5H2,2H3,(H2,13,15). The van der Waals surface area contributed by atoms with E-state index >= 15 is 0 Å². The number of hydrogen-bond donors (Lipinski definition) is 3. The van der Waals surface area contributed by atoms with Gasteiger partial charge in [0.25, 0.3) is 0 Å². The van der Waals surface area contributed by atoms with Crippen LogP contribution in [0, 0.1) is 18.3 Å². The Balaban J connectivity index is 4.42.